The molecule has 1 amide bonds. The summed E-state index contributed by atoms with van der Waals surface area (Å²) in [6, 6.07) is 0.749. The van der Waals surface area contributed by atoms with Crippen molar-refractivity contribution in [2.24, 2.45) is 5.92 Å². The molecule has 1 saturated heterocycles. The fourth-order valence-corrected chi connectivity index (χ4v) is 7.25. The minimum absolute atomic E-state index is 0.0240. The summed E-state index contributed by atoms with van der Waals surface area (Å²) in [6.07, 6.45) is 49.5. The minimum Gasteiger partial charge on any atom is -0.465 e. The summed E-state index contributed by atoms with van der Waals surface area (Å²) >= 11 is 0. The molecule has 0 radical (unpaired) electrons. The zero-order valence-electron chi connectivity index (χ0n) is 36.3. The largest absolute Gasteiger partial charge is 0.465 e. The maximum absolute atomic E-state index is 12.6. The first-order chi connectivity index (χ1) is 28.0. The number of nitrogens with zero attached hydrogens (tertiary/aromatic N) is 1. The van der Waals surface area contributed by atoms with Gasteiger partial charge in [0.15, 0.2) is 0 Å². The maximum atomic E-state index is 12.6. The molecule has 0 bridgehead atoms. The van der Waals surface area contributed by atoms with Gasteiger partial charge in [-0.3, -0.25) is 14.5 Å². The van der Waals surface area contributed by atoms with Crippen LogP contribution >= 0.6 is 0 Å². The van der Waals surface area contributed by atoms with Gasteiger partial charge in [-0.15, -0.1) is 0 Å². The maximum Gasteiger partial charge on any atom is 0.407 e. The van der Waals surface area contributed by atoms with E-state index in [9.17, 15) is 14.4 Å². The SMILES string of the molecule is CC/C=C\C/C=C\C/C=C\CCCCCCCC(=O)OCC(COC(=O)CCCCCCC/C=C\C/C=C\CCCCC)COC(=O)NC1CN(C2CCCC2)C1. The number of ether oxygens (including phenoxy) is 3. The molecule has 0 aromatic heterocycles. The fraction of sp³-hybridized carbons (Fsp3) is 0.735. The van der Waals surface area contributed by atoms with E-state index in [0.29, 0.717) is 18.9 Å². The topological polar surface area (TPSA) is 94.2 Å². The summed E-state index contributed by atoms with van der Waals surface area (Å²) in [5.41, 5.74) is 0. The van der Waals surface area contributed by atoms with Crippen molar-refractivity contribution in [2.75, 3.05) is 32.9 Å². The monoisotopic (exact) mass is 795 g/mol. The molecule has 1 heterocycles. The van der Waals surface area contributed by atoms with E-state index in [4.69, 9.17) is 14.2 Å². The lowest BCUT2D eigenvalue weighted by Gasteiger charge is -2.43. The Morgan fingerprint density at radius 3 is 1.51 bits per heavy atom. The zero-order chi connectivity index (χ0) is 40.9. The van der Waals surface area contributed by atoms with Crippen LogP contribution in [0.1, 0.15) is 181 Å². The number of alkyl carbamates (subject to hydrolysis) is 1. The summed E-state index contributed by atoms with van der Waals surface area (Å²) in [5, 5.41) is 2.96. The number of amides is 1. The van der Waals surface area contributed by atoms with Crippen LogP contribution < -0.4 is 5.32 Å². The Kier molecular flexibility index (Phi) is 31.6. The molecule has 1 atom stereocenters. The third-order valence-electron chi connectivity index (χ3n) is 10.8. The van der Waals surface area contributed by atoms with Crippen molar-refractivity contribution in [1.29, 1.82) is 0 Å². The van der Waals surface area contributed by atoms with Gasteiger partial charge < -0.3 is 19.5 Å². The van der Waals surface area contributed by atoms with Gasteiger partial charge >= 0.3 is 18.0 Å². The Hall–Kier alpha value is -3.13. The third kappa shape index (κ3) is 28.8. The number of hydrogen-bond acceptors (Lipinski definition) is 7. The molecule has 1 saturated carbocycles. The summed E-state index contributed by atoms with van der Waals surface area (Å²) in [5.74, 6) is -0.930. The second-order valence-electron chi connectivity index (χ2n) is 16.1. The smallest absolute Gasteiger partial charge is 0.407 e. The van der Waals surface area contributed by atoms with E-state index >= 15 is 0 Å². The molecular formula is C49H82N2O6. The highest BCUT2D eigenvalue weighted by Crippen LogP contribution is 2.27. The van der Waals surface area contributed by atoms with Gasteiger partial charge in [0.25, 0.3) is 0 Å². The van der Waals surface area contributed by atoms with Crippen LogP contribution in [0.3, 0.4) is 0 Å². The fourth-order valence-electron chi connectivity index (χ4n) is 7.25. The molecule has 0 aromatic carbocycles. The van der Waals surface area contributed by atoms with Crippen LogP contribution in [0.5, 0.6) is 0 Å². The molecular weight excluding hydrogens is 713 g/mol. The molecule has 2 fully saturated rings. The number of nitrogens with one attached hydrogen (secondary N) is 1. The van der Waals surface area contributed by atoms with Crippen molar-refractivity contribution in [2.45, 2.75) is 193 Å². The molecule has 2 aliphatic rings. The number of carbonyl (C=O) groups excluding carboxylic acids is 3. The molecule has 1 N–H and O–H groups in total. The first-order valence-corrected chi connectivity index (χ1v) is 23.2. The summed E-state index contributed by atoms with van der Waals surface area (Å²) < 4.78 is 16.7. The molecule has 1 unspecified atom stereocenters. The molecule has 0 aromatic rings. The van der Waals surface area contributed by atoms with Gasteiger partial charge in [-0.1, -0.05) is 139 Å². The first kappa shape index (κ1) is 50.0. The van der Waals surface area contributed by atoms with Crippen molar-refractivity contribution in [3.05, 3.63) is 60.8 Å². The van der Waals surface area contributed by atoms with Crippen molar-refractivity contribution in [3.8, 4) is 0 Å². The Morgan fingerprint density at radius 1 is 0.561 bits per heavy atom. The van der Waals surface area contributed by atoms with Gasteiger partial charge in [-0.2, -0.15) is 0 Å². The lowest BCUT2D eigenvalue weighted by Crippen LogP contribution is -2.61. The highest BCUT2D eigenvalue weighted by atomic mass is 16.6. The number of esters is 2. The lowest BCUT2D eigenvalue weighted by molar-refractivity contribution is -0.150. The van der Waals surface area contributed by atoms with Gasteiger partial charge in [0.05, 0.1) is 12.0 Å². The van der Waals surface area contributed by atoms with E-state index in [1.54, 1.807) is 0 Å². The van der Waals surface area contributed by atoms with E-state index in [2.05, 4.69) is 84.8 Å². The zero-order valence-corrected chi connectivity index (χ0v) is 36.3. The van der Waals surface area contributed by atoms with Crippen molar-refractivity contribution in [1.82, 2.24) is 10.2 Å². The van der Waals surface area contributed by atoms with Crippen LogP contribution in [-0.2, 0) is 23.8 Å². The van der Waals surface area contributed by atoms with Gasteiger partial charge in [0.2, 0.25) is 0 Å². The average Bonchev–Trinajstić information content (AvgIpc) is 3.73. The number of hydrogen-bond donors (Lipinski definition) is 1. The normalized spacial score (nSPS) is 16.1. The van der Waals surface area contributed by atoms with Crippen LogP contribution in [0.25, 0.3) is 0 Å². The molecule has 1 aliphatic carbocycles. The van der Waals surface area contributed by atoms with E-state index in [-0.39, 0.29) is 37.8 Å². The molecule has 2 rings (SSSR count). The van der Waals surface area contributed by atoms with Crippen LogP contribution in [0.15, 0.2) is 60.8 Å². The molecule has 0 spiro atoms. The number of likely N-dealkylation sites (tertiary alicyclic amines) is 1. The number of unbranched alkanes of at least 4 members (excludes halogenated alkanes) is 13. The van der Waals surface area contributed by atoms with Crippen molar-refractivity contribution < 1.29 is 28.6 Å². The van der Waals surface area contributed by atoms with E-state index in [0.717, 1.165) is 109 Å². The van der Waals surface area contributed by atoms with Gasteiger partial charge in [0.1, 0.15) is 19.8 Å². The lowest BCUT2D eigenvalue weighted by atomic mass is 10.0. The average molecular weight is 795 g/mol. The molecule has 8 heteroatoms. The highest BCUT2D eigenvalue weighted by Gasteiger charge is 2.34. The number of carbonyl (C=O) groups is 3. The molecule has 324 valence electrons. The molecule has 8 nitrogen and oxygen atoms in total. The van der Waals surface area contributed by atoms with Crippen molar-refractivity contribution >= 4 is 18.0 Å². The Morgan fingerprint density at radius 2 is 1.00 bits per heavy atom. The summed E-state index contributed by atoms with van der Waals surface area (Å²) in [7, 11) is 0. The predicted octanol–water partition coefficient (Wildman–Crippen LogP) is 12.4. The van der Waals surface area contributed by atoms with Gasteiger partial charge in [-0.05, 0) is 89.9 Å². The van der Waals surface area contributed by atoms with E-state index < -0.39 is 12.0 Å². The summed E-state index contributed by atoms with van der Waals surface area (Å²) in [6.45, 7) is 6.24. The van der Waals surface area contributed by atoms with Crippen LogP contribution in [0.4, 0.5) is 4.79 Å². The van der Waals surface area contributed by atoms with Crippen LogP contribution in [-0.4, -0.2) is 67.9 Å². The van der Waals surface area contributed by atoms with Crippen LogP contribution in [0.2, 0.25) is 0 Å². The van der Waals surface area contributed by atoms with Crippen molar-refractivity contribution in [3.63, 3.8) is 0 Å². The summed E-state index contributed by atoms with van der Waals surface area (Å²) in [4.78, 5) is 40.2. The quantitative estimate of drug-likeness (QED) is 0.0295. The minimum atomic E-state index is -0.471. The Bertz CT molecular complexity index is 1160. The van der Waals surface area contributed by atoms with Gasteiger partial charge in [-0.25, -0.2) is 4.79 Å². The standard InChI is InChI=1S/C49H82N2O6/c1-3-5-7-9-11-13-15-17-19-21-23-25-27-29-31-37-47(52)55-41-44(43-57-49(54)50-45-39-51(40-45)46-35-33-34-36-46)42-56-48(53)38-32-30-28-26-24-22-20-18-16-14-12-10-8-6-4-2/h5,7,11-14,17-20,44-46H,3-4,6,8-10,15-16,21-43H2,1-2H3,(H,50,54)/b7-5-,13-11-,14-12-,19-17-,20-18-. The predicted molar refractivity (Wildman–Crippen MR) is 236 cm³/mol. The Balaban J connectivity index is 1.59. The third-order valence-corrected chi connectivity index (χ3v) is 10.8. The second kappa shape index (κ2) is 36.0. The Labute approximate surface area is 348 Å². The van der Waals surface area contributed by atoms with E-state index in [1.165, 1.54) is 57.8 Å². The number of allylic oxidation sites excluding steroid dienone is 10. The molecule has 1 aliphatic heterocycles. The molecule has 57 heavy (non-hydrogen) atoms. The second-order valence-corrected chi connectivity index (χ2v) is 16.1. The van der Waals surface area contributed by atoms with Gasteiger partial charge in [0, 0.05) is 32.0 Å². The first-order valence-electron chi connectivity index (χ1n) is 23.2. The highest BCUT2D eigenvalue weighted by molar-refractivity contribution is 5.70. The van der Waals surface area contributed by atoms with Crippen LogP contribution in [0, 0.1) is 5.92 Å². The van der Waals surface area contributed by atoms with E-state index in [1.807, 2.05) is 0 Å². The number of rotatable bonds is 35.